The van der Waals surface area contributed by atoms with E-state index in [0.717, 1.165) is 5.69 Å². The van der Waals surface area contributed by atoms with E-state index in [1.165, 1.54) is 18.2 Å². The van der Waals surface area contributed by atoms with Crippen molar-refractivity contribution in [2.75, 3.05) is 36.4 Å². The maximum Gasteiger partial charge on any atom is 0.255 e. The minimum absolute atomic E-state index is 0.163. The molecule has 0 atom stereocenters. The molecule has 0 unspecified atom stereocenters. The summed E-state index contributed by atoms with van der Waals surface area (Å²) in [4.78, 5) is 28.0. The number of hydrogen-bond donors (Lipinski definition) is 1. The largest absolute Gasteiger partial charge is 0.367 e. The van der Waals surface area contributed by atoms with Gasteiger partial charge in [0.25, 0.3) is 5.91 Å². The van der Waals surface area contributed by atoms with Crippen LogP contribution >= 0.6 is 11.6 Å². The van der Waals surface area contributed by atoms with Crippen LogP contribution in [0.2, 0.25) is 5.02 Å². The Bertz CT molecular complexity index is 851. The van der Waals surface area contributed by atoms with Gasteiger partial charge in [-0.25, -0.2) is 4.39 Å². The molecular formula is C20H21ClFN3O2. The molecule has 0 spiro atoms. The molecule has 5 nitrogen and oxygen atoms in total. The Kier molecular flexibility index (Phi) is 5.96. The maximum absolute atomic E-state index is 13.3. The molecule has 7 heteroatoms. The van der Waals surface area contributed by atoms with Crippen molar-refractivity contribution in [3.63, 3.8) is 0 Å². The summed E-state index contributed by atoms with van der Waals surface area (Å²) in [6, 6.07) is 10.8. The van der Waals surface area contributed by atoms with Gasteiger partial charge in [0, 0.05) is 43.9 Å². The van der Waals surface area contributed by atoms with Crippen LogP contribution in [-0.4, -0.2) is 42.9 Å². The fourth-order valence-electron chi connectivity index (χ4n) is 3.09. The second kappa shape index (κ2) is 8.39. The molecule has 1 saturated heterocycles. The number of piperazine rings is 1. The first-order chi connectivity index (χ1) is 13.0. The number of nitrogens with one attached hydrogen (secondary N) is 1. The first-order valence-electron chi connectivity index (χ1n) is 8.87. The van der Waals surface area contributed by atoms with Crippen LogP contribution in [0.15, 0.2) is 42.5 Å². The summed E-state index contributed by atoms with van der Waals surface area (Å²) in [6.07, 6.45) is 0.514. The zero-order valence-electron chi connectivity index (χ0n) is 15.0. The van der Waals surface area contributed by atoms with E-state index in [0.29, 0.717) is 43.3 Å². The molecule has 0 bridgehead atoms. The maximum atomic E-state index is 13.3. The fourth-order valence-corrected chi connectivity index (χ4v) is 3.39. The zero-order valence-corrected chi connectivity index (χ0v) is 15.8. The minimum Gasteiger partial charge on any atom is -0.367 e. The second-order valence-corrected chi connectivity index (χ2v) is 6.76. The Labute approximate surface area is 162 Å². The van der Waals surface area contributed by atoms with Crippen molar-refractivity contribution < 1.29 is 14.0 Å². The van der Waals surface area contributed by atoms with E-state index in [1.807, 2.05) is 17.9 Å². The topological polar surface area (TPSA) is 52.7 Å². The van der Waals surface area contributed by atoms with Crippen molar-refractivity contribution in [1.82, 2.24) is 4.90 Å². The summed E-state index contributed by atoms with van der Waals surface area (Å²) in [5.74, 6) is -0.696. The average Bonchev–Trinajstić information content (AvgIpc) is 2.67. The van der Waals surface area contributed by atoms with Crippen molar-refractivity contribution in [3.8, 4) is 0 Å². The molecule has 1 fully saturated rings. The van der Waals surface area contributed by atoms with Crippen LogP contribution in [0.25, 0.3) is 0 Å². The van der Waals surface area contributed by atoms with Crippen LogP contribution < -0.4 is 10.2 Å². The molecule has 1 N–H and O–H groups in total. The number of halogens is 2. The normalized spacial score (nSPS) is 14.2. The van der Waals surface area contributed by atoms with E-state index in [9.17, 15) is 14.0 Å². The summed E-state index contributed by atoms with van der Waals surface area (Å²) < 4.78 is 13.3. The van der Waals surface area contributed by atoms with Gasteiger partial charge in [-0.1, -0.05) is 24.6 Å². The number of carbonyl (C=O) groups excluding carboxylic acids is 2. The van der Waals surface area contributed by atoms with Crippen LogP contribution in [0.5, 0.6) is 0 Å². The van der Waals surface area contributed by atoms with E-state index in [4.69, 9.17) is 11.6 Å². The van der Waals surface area contributed by atoms with Crippen LogP contribution in [-0.2, 0) is 4.79 Å². The first kappa shape index (κ1) is 19.2. The van der Waals surface area contributed by atoms with E-state index < -0.39 is 11.7 Å². The monoisotopic (exact) mass is 389 g/mol. The number of benzene rings is 2. The van der Waals surface area contributed by atoms with Gasteiger partial charge in [-0.15, -0.1) is 0 Å². The van der Waals surface area contributed by atoms with Gasteiger partial charge >= 0.3 is 0 Å². The van der Waals surface area contributed by atoms with Gasteiger partial charge in [0.05, 0.1) is 10.7 Å². The second-order valence-electron chi connectivity index (χ2n) is 6.35. The highest BCUT2D eigenvalue weighted by Gasteiger charge is 2.21. The number of anilines is 2. The highest BCUT2D eigenvalue weighted by molar-refractivity contribution is 6.33. The van der Waals surface area contributed by atoms with E-state index >= 15 is 0 Å². The Hall–Kier alpha value is -2.60. The molecule has 2 aromatic carbocycles. The fraction of sp³-hybridized carbons (Fsp3) is 0.300. The molecule has 142 valence electrons. The molecule has 3 rings (SSSR count). The van der Waals surface area contributed by atoms with E-state index in [1.54, 1.807) is 18.2 Å². The number of carbonyl (C=O) groups is 2. The quantitative estimate of drug-likeness (QED) is 0.865. The average molecular weight is 390 g/mol. The van der Waals surface area contributed by atoms with Gasteiger partial charge in [0.15, 0.2) is 0 Å². The lowest BCUT2D eigenvalue weighted by Crippen LogP contribution is -2.48. The molecule has 2 amide bonds. The lowest BCUT2D eigenvalue weighted by atomic mass is 10.2. The van der Waals surface area contributed by atoms with Crippen LogP contribution in [0.3, 0.4) is 0 Å². The van der Waals surface area contributed by atoms with Crippen LogP contribution in [0.4, 0.5) is 15.8 Å². The van der Waals surface area contributed by atoms with Gasteiger partial charge in [0.2, 0.25) is 5.91 Å². The zero-order chi connectivity index (χ0) is 19.4. The van der Waals surface area contributed by atoms with E-state index in [-0.39, 0.29) is 11.5 Å². The molecule has 2 aromatic rings. The van der Waals surface area contributed by atoms with Gasteiger partial charge in [-0.3, -0.25) is 9.59 Å². The third-order valence-corrected chi connectivity index (χ3v) is 4.87. The molecule has 27 heavy (non-hydrogen) atoms. The Morgan fingerprint density at radius 1 is 1.11 bits per heavy atom. The smallest absolute Gasteiger partial charge is 0.255 e. The minimum atomic E-state index is -0.461. The highest BCUT2D eigenvalue weighted by atomic mass is 35.5. The summed E-state index contributed by atoms with van der Waals surface area (Å²) in [7, 11) is 0. The molecule has 0 aromatic heterocycles. The van der Waals surface area contributed by atoms with Gasteiger partial charge < -0.3 is 15.1 Å². The van der Waals surface area contributed by atoms with Gasteiger partial charge in [0.1, 0.15) is 5.82 Å². The molecule has 0 saturated carbocycles. The number of rotatable bonds is 4. The lowest BCUT2D eigenvalue weighted by Gasteiger charge is -2.36. The summed E-state index contributed by atoms with van der Waals surface area (Å²) in [5, 5.41) is 3.24. The summed E-state index contributed by atoms with van der Waals surface area (Å²) in [6.45, 7) is 4.62. The predicted molar refractivity (Wildman–Crippen MR) is 105 cm³/mol. The van der Waals surface area contributed by atoms with Gasteiger partial charge in [-0.2, -0.15) is 0 Å². The molecule has 1 aliphatic rings. The third kappa shape index (κ3) is 4.57. The SMILES string of the molecule is CCC(=O)N1CCN(c2ccc(NC(=O)c3cccc(F)c3)cc2Cl)CC1. The number of amides is 2. The Balaban J connectivity index is 1.66. The van der Waals surface area contributed by atoms with E-state index in [2.05, 4.69) is 10.2 Å². The van der Waals surface area contributed by atoms with Crippen molar-refractivity contribution in [3.05, 3.63) is 58.9 Å². The number of nitrogens with zero attached hydrogens (tertiary/aromatic N) is 2. The molecule has 1 aliphatic heterocycles. The summed E-state index contributed by atoms with van der Waals surface area (Å²) >= 11 is 6.41. The van der Waals surface area contributed by atoms with Crippen molar-refractivity contribution in [1.29, 1.82) is 0 Å². The van der Waals surface area contributed by atoms with Crippen LogP contribution in [0.1, 0.15) is 23.7 Å². The summed E-state index contributed by atoms with van der Waals surface area (Å²) in [5.41, 5.74) is 1.65. The Morgan fingerprint density at radius 2 is 1.85 bits per heavy atom. The van der Waals surface area contributed by atoms with Crippen molar-refractivity contribution in [2.24, 2.45) is 0 Å². The highest BCUT2D eigenvalue weighted by Crippen LogP contribution is 2.30. The Morgan fingerprint density at radius 3 is 2.48 bits per heavy atom. The predicted octanol–water partition coefficient (Wildman–Crippen LogP) is 3.79. The van der Waals surface area contributed by atoms with Crippen molar-refractivity contribution in [2.45, 2.75) is 13.3 Å². The molecule has 0 radical (unpaired) electrons. The number of hydrogen-bond acceptors (Lipinski definition) is 3. The molecule has 0 aliphatic carbocycles. The lowest BCUT2D eigenvalue weighted by molar-refractivity contribution is -0.131. The first-order valence-corrected chi connectivity index (χ1v) is 9.25. The van der Waals surface area contributed by atoms with Crippen LogP contribution in [0, 0.1) is 5.82 Å². The van der Waals surface area contributed by atoms with Gasteiger partial charge in [-0.05, 0) is 36.4 Å². The van der Waals surface area contributed by atoms with Crippen molar-refractivity contribution >= 4 is 34.8 Å². The molecule has 1 heterocycles. The third-order valence-electron chi connectivity index (χ3n) is 4.57. The standard InChI is InChI=1S/C20H21ClFN3O2/c1-2-19(26)25-10-8-24(9-11-25)18-7-6-16(13-17(18)21)23-20(27)14-4-3-5-15(22)12-14/h3-7,12-13H,2,8-11H2,1H3,(H,23,27). The molecular weight excluding hydrogens is 369 g/mol.